The third kappa shape index (κ3) is 4.12. The Balaban J connectivity index is 2.44. The number of nitrogens with one attached hydrogen (secondary N) is 1. The fourth-order valence-electron chi connectivity index (χ4n) is 1.87. The fourth-order valence-corrected chi connectivity index (χ4v) is 3.17. The Morgan fingerprint density at radius 3 is 2.36 bits per heavy atom. The van der Waals surface area contributed by atoms with Gasteiger partial charge in [-0.05, 0) is 30.3 Å². The van der Waals surface area contributed by atoms with E-state index in [0.29, 0.717) is 6.07 Å². The molecule has 0 amide bonds. The molecule has 2 rings (SSSR count). The summed E-state index contributed by atoms with van der Waals surface area (Å²) in [4.78, 5) is 9.28. The highest BCUT2D eigenvalue weighted by Gasteiger charge is 2.34. The number of nitro benzene ring substituents is 1. The van der Waals surface area contributed by atoms with Crippen LogP contribution < -0.4 is 10.5 Å². The molecule has 0 heterocycles. The average molecular weight is 396 g/mol. The number of alkyl halides is 3. The van der Waals surface area contributed by atoms with E-state index in [1.165, 1.54) is 0 Å². The quantitative estimate of drug-likeness (QED) is 0.465. The van der Waals surface area contributed by atoms with Crippen LogP contribution in [-0.2, 0) is 16.2 Å². The average Bonchev–Trinajstić information content (AvgIpc) is 2.47. The van der Waals surface area contributed by atoms with E-state index < -0.39 is 42.3 Å². The summed E-state index contributed by atoms with van der Waals surface area (Å²) < 4.78 is 65.0. The first-order valence-electron chi connectivity index (χ1n) is 6.35. The van der Waals surface area contributed by atoms with E-state index in [-0.39, 0.29) is 11.4 Å². The largest absolute Gasteiger partial charge is 0.417 e. The third-order valence-corrected chi connectivity index (χ3v) is 4.74. The molecule has 0 aliphatic heterocycles. The second-order valence-corrected chi connectivity index (χ2v) is 6.87. The van der Waals surface area contributed by atoms with Crippen molar-refractivity contribution in [3.8, 4) is 0 Å². The Labute approximate surface area is 144 Å². The van der Waals surface area contributed by atoms with Gasteiger partial charge in [-0.25, -0.2) is 8.42 Å². The number of nitrogens with zero attached hydrogens (tertiary/aromatic N) is 1. The highest BCUT2D eigenvalue weighted by Crippen LogP contribution is 2.36. The normalized spacial score (nSPS) is 12.0. The van der Waals surface area contributed by atoms with Crippen LogP contribution in [0.25, 0.3) is 0 Å². The lowest BCUT2D eigenvalue weighted by atomic mass is 10.2. The van der Waals surface area contributed by atoms with Crippen LogP contribution in [0.15, 0.2) is 41.3 Å². The second-order valence-electron chi connectivity index (χ2n) is 4.78. The molecule has 25 heavy (non-hydrogen) atoms. The van der Waals surface area contributed by atoms with Gasteiger partial charge in [0.2, 0.25) is 0 Å². The smallest absolute Gasteiger partial charge is 0.393 e. The van der Waals surface area contributed by atoms with Crippen LogP contribution in [0.1, 0.15) is 5.56 Å². The molecule has 2 aromatic carbocycles. The van der Waals surface area contributed by atoms with E-state index in [4.69, 9.17) is 17.3 Å². The van der Waals surface area contributed by atoms with Crippen LogP contribution in [0.3, 0.4) is 0 Å². The SMILES string of the molecule is Nc1ccc(NS(=O)(=O)c2ccc(Cl)c(C(F)(F)F)c2)cc1[N+](=O)[O-]. The van der Waals surface area contributed by atoms with Gasteiger partial charge in [-0.15, -0.1) is 0 Å². The molecule has 3 N–H and O–H groups in total. The van der Waals surface area contributed by atoms with Gasteiger partial charge in [0.1, 0.15) is 5.69 Å². The lowest BCUT2D eigenvalue weighted by Crippen LogP contribution is -2.15. The molecule has 0 radical (unpaired) electrons. The minimum atomic E-state index is -4.84. The summed E-state index contributed by atoms with van der Waals surface area (Å²) in [6.07, 6.45) is -4.84. The van der Waals surface area contributed by atoms with Crippen molar-refractivity contribution in [3.63, 3.8) is 0 Å². The number of halogens is 4. The molecule has 0 unspecified atom stereocenters. The number of anilines is 2. The number of hydrogen-bond acceptors (Lipinski definition) is 5. The molecule has 0 saturated carbocycles. The van der Waals surface area contributed by atoms with Crippen LogP contribution in [0.2, 0.25) is 5.02 Å². The molecular weight excluding hydrogens is 387 g/mol. The van der Waals surface area contributed by atoms with E-state index in [9.17, 15) is 31.7 Å². The zero-order valence-electron chi connectivity index (χ0n) is 12.0. The summed E-state index contributed by atoms with van der Waals surface area (Å²) in [6.45, 7) is 0. The predicted octanol–water partition coefficient (Wildman–Crippen LogP) is 3.65. The number of nitrogen functional groups attached to an aromatic ring is 1. The maximum absolute atomic E-state index is 12.8. The second kappa shape index (κ2) is 6.41. The van der Waals surface area contributed by atoms with E-state index in [2.05, 4.69) is 0 Å². The van der Waals surface area contributed by atoms with Crippen molar-refractivity contribution in [2.45, 2.75) is 11.1 Å². The fraction of sp³-hybridized carbons (Fsp3) is 0.0769. The highest BCUT2D eigenvalue weighted by molar-refractivity contribution is 7.92. The summed E-state index contributed by atoms with van der Waals surface area (Å²) >= 11 is 5.44. The Hall–Kier alpha value is -2.53. The number of rotatable bonds is 4. The molecule has 0 aromatic heterocycles. The Morgan fingerprint density at radius 2 is 1.80 bits per heavy atom. The Bertz CT molecular complexity index is 948. The molecule has 0 fully saturated rings. The molecule has 134 valence electrons. The minimum Gasteiger partial charge on any atom is -0.393 e. The summed E-state index contributed by atoms with van der Waals surface area (Å²) in [5.74, 6) is 0. The van der Waals surface area contributed by atoms with E-state index in [1.54, 1.807) is 0 Å². The summed E-state index contributed by atoms with van der Waals surface area (Å²) in [5.41, 5.74) is 3.10. The molecule has 0 bridgehead atoms. The standard InChI is InChI=1S/C13H9ClF3N3O4S/c14-10-3-2-8(6-9(10)13(15,16)17)25(23,24)19-7-1-4-11(18)12(5-7)20(21)22/h1-6,19H,18H2. The van der Waals surface area contributed by atoms with Gasteiger partial charge in [0.05, 0.1) is 26.1 Å². The lowest BCUT2D eigenvalue weighted by molar-refractivity contribution is -0.383. The van der Waals surface area contributed by atoms with Crippen molar-refractivity contribution >= 4 is 38.7 Å². The summed E-state index contributed by atoms with van der Waals surface area (Å²) in [6, 6.07) is 5.14. The first kappa shape index (κ1) is 18.8. The van der Waals surface area contributed by atoms with Gasteiger partial charge in [0, 0.05) is 6.07 Å². The Morgan fingerprint density at radius 1 is 1.16 bits per heavy atom. The van der Waals surface area contributed by atoms with Crippen molar-refractivity contribution < 1.29 is 26.5 Å². The molecule has 0 spiro atoms. The first-order valence-corrected chi connectivity index (χ1v) is 8.21. The van der Waals surface area contributed by atoms with Gasteiger partial charge in [0.25, 0.3) is 15.7 Å². The molecule has 0 atom stereocenters. The topological polar surface area (TPSA) is 115 Å². The summed E-state index contributed by atoms with van der Waals surface area (Å²) in [5, 5.41) is 10.2. The maximum Gasteiger partial charge on any atom is 0.417 e. The molecule has 12 heteroatoms. The molecular formula is C13H9ClF3N3O4S. The predicted molar refractivity (Wildman–Crippen MR) is 84.8 cm³/mol. The summed E-state index contributed by atoms with van der Waals surface area (Å²) in [7, 11) is -4.44. The lowest BCUT2D eigenvalue weighted by Gasteiger charge is -2.12. The maximum atomic E-state index is 12.8. The van der Waals surface area contributed by atoms with Gasteiger partial charge in [-0.3, -0.25) is 14.8 Å². The number of benzene rings is 2. The van der Waals surface area contributed by atoms with Gasteiger partial charge in [-0.1, -0.05) is 11.6 Å². The molecule has 0 aliphatic carbocycles. The Kier molecular flexibility index (Phi) is 4.82. The van der Waals surface area contributed by atoms with Crippen LogP contribution in [-0.4, -0.2) is 13.3 Å². The number of sulfonamides is 1. The zero-order valence-corrected chi connectivity index (χ0v) is 13.6. The monoisotopic (exact) mass is 395 g/mol. The van der Waals surface area contributed by atoms with E-state index in [1.807, 2.05) is 4.72 Å². The van der Waals surface area contributed by atoms with Crippen molar-refractivity contribution in [2.24, 2.45) is 0 Å². The molecule has 0 aliphatic rings. The molecule has 7 nitrogen and oxygen atoms in total. The minimum absolute atomic E-state index is 0.196. The zero-order chi connectivity index (χ0) is 19.0. The van der Waals surface area contributed by atoms with Gasteiger partial charge >= 0.3 is 6.18 Å². The van der Waals surface area contributed by atoms with Crippen molar-refractivity contribution in [3.05, 3.63) is 57.1 Å². The van der Waals surface area contributed by atoms with Crippen molar-refractivity contribution in [1.29, 1.82) is 0 Å². The van der Waals surface area contributed by atoms with E-state index in [0.717, 1.165) is 30.3 Å². The van der Waals surface area contributed by atoms with E-state index >= 15 is 0 Å². The number of nitro groups is 1. The highest BCUT2D eigenvalue weighted by atomic mass is 35.5. The van der Waals surface area contributed by atoms with Gasteiger partial charge in [0.15, 0.2) is 0 Å². The third-order valence-electron chi connectivity index (χ3n) is 3.03. The number of nitrogens with two attached hydrogens (primary N) is 1. The van der Waals surface area contributed by atoms with Crippen LogP contribution >= 0.6 is 11.6 Å². The van der Waals surface area contributed by atoms with Crippen LogP contribution in [0, 0.1) is 10.1 Å². The number of hydrogen-bond donors (Lipinski definition) is 2. The van der Waals surface area contributed by atoms with Gasteiger partial charge < -0.3 is 5.73 Å². The van der Waals surface area contributed by atoms with Crippen LogP contribution in [0.5, 0.6) is 0 Å². The van der Waals surface area contributed by atoms with Crippen molar-refractivity contribution in [1.82, 2.24) is 0 Å². The molecule has 0 saturated heterocycles. The van der Waals surface area contributed by atoms with Gasteiger partial charge in [-0.2, -0.15) is 13.2 Å². The van der Waals surface area contributed by atoms with Crippen LogP contribution in [0.4, 0.5) is 30.2 Å². The first-order chi connectivity index (χ1) is 11.4. The molecule has 2 aromatic rings. The van der Waals surface area contributed by atoms with Crippen molar-refractivity contribution in [2.75, 3.05) is 10.5 Å².